The molecular weight excluding hydrogens is 356 g/mol. The van der Waals surface area contributed by atoms with Gasteiger partial charge < -0.3 is 9.80 Å². The van der Waals surface area contributed by atoms with E-state index in [1.54, 1.807) is 17.0 Å². The molecule has 3 rings (SSSR count). The quantitative estimate of drug-likeness (QED) is 0.611. The SMILES string of the molecule is N#Cc1ccc(N2CCN(C(=O)c3ccc([N+](=O)[O-])cc3)CC2)cc1Cl. The van der Waals surface area contributed by atoms with Crippen LogP contribution in [0.5, 0.6) is 0 Å². The summed E-state index contributed by atoms with van der Waals surface area (Å²) in [6, 6.07) is 13.0. The van der Waals surface area contributed by atoms with Gasteiger partial charge in [-0.05, 0) is 30.3 Å². The van der Waals surface area contributed by atoms with Crippen molar-refractivity contribution in [1.82, 2.24) is 4.90 Å². The molecule has 7 nitrogen and oxygen atoms in total. The van der Waals surface area contributed by atoms with Crippen molar-refractivity contribution in [2.75, 3.05) is 31.1 Å². The van der Waals surface area contributed by atoms with E-state index in [0.29, 0.717) is 42.3 Å². The minimum Gasteiger partial charge on any atom is -0.368 e. The fourth-order valence-corrected chi connectivity index (χ4v) is 3.08. The van der Waals surface area contributed by atoms with Gasteiger partial charge in [0.1, 0.15) is 6.07 Å². The topological polar surface area (TPSA) is 90.5 Å². The van der Waals surface area contributed by atoms with Gasteiger partial charge in [-0.2, -0.15) is 5.26 Å². The van der Waals surface area contributed by atoms with Gasteiger partial charge in [0.25, 0.3) is 11.6 Å². The third-order valence-corrected chi connectivity index (χ3v) is 4.64. The zero-order chi connectivity index (χ0) is 18.7. The largest absolute Gasteiger partial charge is 0.368 e. The first-order valence-electron chi connectivity index (χ1n) is 7.98. The highest BCUT2D eigenvalue weighted by atomic mass is 35.5. The molecule has 0 saturated carbocycles. The van der Waals surface area contributed by atoms with Crippen LogP contribution in [0.4, 0.5) is 11.4 Å². The van der Waals surface area contributed by atoms with Crippen molar-refractivity contribution in [3.8, 4) is 6.07 Å². The number of hydrogen-bond acceptors (Lipinski definition) is 5. The number of non-ortho nitro benzene ring substituents is 1. The molecule has 1 aliphatic rings. The number of nitriles is 1. The van der Waals surface area contributed by atoms with Crippen LogP contribution < -0.4 is 4.90 Å². The van der Waals surface area contributed by atoms with E-state index in [9.17, 15) is 14.9 Å². The summed E-state index contributed by atoms with van der Waals surface area (Å²) in [7, 11) is 0. The molecule has 0 aliphatic carbocycles. The number of hydrogen-bond donors (Lipinski definition) is 0. The maximum Gasteiger partial charge on any atom is 0.269 e. The van der Waals surface area contributed by atoms with Gasteiger partial charge in [0.15, 0.2) is 0 Å². The first kappa shape index (κ1) is 17.7. The molecule has 8 heteroatoms. The first-order chi connectivity index (χ1) is 12.5. The normalized spacial score (nSPS) is 14.0. The van der Waals surface area contributed by atoms with Crippen molar-refractivity contribution in [2.45, 2.75) is 0 Å². The number of nitro benzene ring substituents is 1. The molecule has 1 aliphatic heterocycles. The number of carbonyl (C=O) groups is 1. The Kier molecular flexibility index (Phi) is 5.05. The molecule has 0 spiro atoms. The smallest absolute Gasteiger partial charge is 0.269 e. The monoisotopic (exact) mass is 370 g/mol. The predicted molar refractivity (Wildman–Crippen MR) is 97.4 cm³/mol. The van der Waals surface area contributed by atoms with Gasteiger partial charge in [-0.3, -0.25) is 14.9 Å². The molecule has 0 bridgehead atoms. The number of benzene rings is 2. The average Bonchev–Trinajstić information content (AvgIpc) is 2.67. The van der Waals surface area contributed by atoms with E-state index in [4.69, 9.17) is 16.9 Å². The van der Waals surface area contributed by atoms with E-state index in [0.717, 1.165) is 5.69 Å². The van der Waals surface area contributed by atoms with E-state index in [2.05, 4.69) is 4.90 Å². The molecule has 0 unspecified atom stereocenters. The molecule has 1 amide bonds. The van der Waals surface area contributed by atoms with Crippen molar-refractivity contribution in [2.24, 2.45) is 0 Å². The van der Waals surface area contributed by atoms with Gasteiger partial charge in [0, 0.05) is 49.6 Å². The minimum atomic E-state index is -0.490. The summed E-state index contributed by atoms with van der Waals surface area (Å²) in [6.45, 7) is 2.35. The highest BCUT2D eigenvalue weighted by molar-refractivity contribution is 6.32. The molecule has 0 N–H and O–H groups in total. The van der Waals surface area contributed by atoms with E-state index in [1.807, 2.05) is 12.1 Å². The molecule has 1 heterocycles. The van der Waals surface area contributed by atoms with Gasteiger partial charge in [0.2, 0.25) is 0 Å². The maximum atomic E-state index is 12.5. The zero-order valence-electron chi connectivity index (χ0n) is 13.8. The van der Waals surface area contributed by atoms with Crippen molar-refractivity contribution >= 4 is 28.9 Å². The number of halogens is 1. The third kappa shape index (κ3) is 3.60. The van der Waals surface area contributed by atoms with E-state index >= 15 is 0 Å². The lowest BCUT2D eigenvalue weighted by Gasteiger charge is -2.36. The summed E-state index contributed by atoms with van der Waals surface area (Å²) >= 11 is 6.08. The summed E-state index contributed by atoms with van der Waals surface area (Å²) in [5, 5.41) is 20.0. The number of rotatable bonds is 3. The summed E-state index contributed by atoms with van der Waals surface area (Å²) in [4.78, 5) is 26.6. The minimum absolute atomic E-state index is 0.0379. The van der Waals surface area contributed by atoms with Crippen molar-refractivity contribution < 1.29 is 9.72 Å². The molecule has 26 heavy (non-hydrogen) atoms. The maximum absolute atomic E-state index is 12.5. The molecule has 2 aromatic rings. The zero-order valence-corrected chi connectivity index (χ0v) is 14.5. The van der Waals surface area contributed by atoms with Gasteiger partial charge in [0.05, 0.1) is 15.5 Å². The second kappa shape index (κ2) is 7.42. The fourth-order valence-electron chi connectivity index (χ4n) is 2.87. The van der Waals surface area contributed by atoms with Gasteiger partial charge in [-0.25, -0.2) is 0 Å². The van der Waals surface area contributed by atoms with Crippen LogP contribution in [-0.4, -0.2) is 41.9 Å². The second-order valence-electron chi connectivity index (χ2n) is 5.86. The second-order valence-corrected chi connectivity index (χ2v) is 6.27. The molecular formula is C18H15ClN4O3. The lowest BCUT2D eigenvalue weighted by molar-refractivity contribution is -0.384. The number of nitro groups is 1. The average molecular weight is 371 g/mol. The molecule has 0 atom stereocenters. The lowest BCUT2D eigenvalue weighted by atomic mass is 10.1. The Bertz CT molecular complexity index is 884. The first-order valence-corrected chi connectivity index (χ1v) is 8.35. The highest BCUT2D eigenvalue weighted by Gasteiger charge is 2.23. The van der Waals surface area contributed by atoms with Crippen LogP contribution in [0.3, 0.4) is 0 Å². The standard InChI is InChI=1S/C18H15ClN4O3/c19-17-11-16(6-3-14(17)12-20)21-7-9-22(10-8-21)18(24)13-1-4-15(5-2-13)23(25)26/h1-6,11H,7-10H2. The number of anilines is 1. The number of carbonyl (C=O) groups excluding carboxylic acids is 1. The number of piperazine rings is 1. The summed E-state index contributed by atoms with van der Waals surface area (Å²) in [5.74, 6) is -0.141. The fraction of sp³-hybridized carbons (Fsp3) is 0.222. The van der Waals surface area contributed by atoms with Gasteiger partial charge in [-0.15, -0.1) is 0 Å². The van der Waals surface area contributed by atoms with Crippen LogP contribution in [0.15, 0.2) is 42.5 Å². The van der Waals surface area contributed by atoms with E-state index in [1.165, 1.54) is 24.3 Å². The lowest BCUT2D eigenvalue weighted by Crippen LogP contribution is -2.48. The molecule has 1 saturated heterocycles. The van der Waals surface area contributed by atoms with Crippen molar-refractivity contribution in [3.63, 3.8) is 0 Å². The Balaban J connectivity index is 1.64. The number of amides is 1. The predicted octanol–water partition coefficient (Wildman–Crippen LogP) is 3.08. The summed E-state index contributed by atoms with van der Waals surface area (Å²) in [6.07, 6.45) is 0. The molecule has 0 radical (unpaired) electrons. The van der Waals surface area contributed by atoms with E-state index < -0.39 is 4.92 Å². The van der Waals surface area contributed by atoms with E-state index in [-0.39, 0.29) is 11.6 Å². The van der Waals surface area contributed by atoms with Crippen LogP contribution in [0.25, 0.3) is 0 Å². The van der Waals surface area contributed by atoms with Crippen molar-refractivity contribution in [1.29, 1.82) is 5.26 Å². The van der Waals surface area contributed by atoms with Crippen LogP contribution in [0.1, 0.15) is 15.9 Å². The summed E-state index contributed by atoms with van der Waals surface area (Å²) < 4.78 is 0. The molecule has 2 aromatic carbocycles. The molecule has 132 valence electrons. The molecule has 1 fully saturated rings. The number of nitrogens with zero attached hydrogens (tertiary/aromatic N) is 4. The van der Waals surface area contributed by atoms with Gasteiger partial charge in [-0.1, -0.05) is 11.6 Å². The third-order valence-electron chi connectivity index (χ3n) is 4.33. The highest BCUT2D eigenvalue weighted by Crippen LogP contribution is 2.24. The Morgan fingerprint density at radius 1 is 1.12 bits per heavy atom. The van der Waals surface area contributed by atoms with Crippen LogP contribution in [0, 0.1) is 21.4 Å². The Labute approximate surface area is 155 Å². The van der Waals surface area contributed by atoms with Crippen LogP contribution in [-0.2, 0) is 0 Å². The molecule has 0 aromatic heterocycles. The Morgan fingerprint density at radius 3 is 2.31 bits per heavy atom. The van der Waals surface area contributed by atoms with Crippen LogP contribution in [0.2, 0.25) is 5.02 Å². The van der Waals surface area contributed by atoms with Crippen LogP contribution >= 0.6 is 11.6 Å². The Morgan fingerprint density at radius 2 is 1.77 bits per heavy atom. The Hall–Kier alpha value is -3.11. The van der Waals surface area contributed by atoms with Gasteiger partial charge >= 0.3 is 0 Å². The van der Waals surface area contributed by atoms with Crippen molar-refractivity contribution in [3.05, 3.63) is 68.7 Å². The summed E-state index contributed by atoms with van der Waals surface area (Å²) in [5.41, 5.74) is 1.74.